The maximum Gasteiger partial charge on any atom is 0.297 e. The molecule has 3 heterocycles. The summed E-state index contributed by atoms with van der Waals surface area (Å²) in [6, 6.07) is 4.19. The van der Waals surface area contributed by atoms with Crippen LogP contribution in [0, 0.1) is 11.7 Å². The van der Waals surface area contributed by atoms with Crippen molar-refractivity contribution in [3.8, 4) is 0 Å². The number of likely N-dealkylation sites (tertiary alicyclic amines) is 1. The Hall–Kier alpha value is -2.74. The lowest BCUT2D eigenvalue weighted by Crippen LogP contribution is -2.59. The van der Waals surface area contributed by atoms with E-state index in [1.54, 1.807) is 11.9 Å². The molecule has 3 amide bonds. The highest BCUT2D eigenvalue weighted by Crippen LogP contribution is 2.49. The quantitative estimate of drug-likeness (QED) is 0.516. The molecule has 3 aliphatic heterocycles. The third kappa shape index (κ3) is 2.70. The van der Waals surface area contributed by atoms with Crippen molar-refractivity contribution >= 4 is 35.1 Å². The van der Waals surface area contributed by atoms with Gasteiger partial charge in [0.25, 0.3) is 11.8 Å². The van der Waals surface area contributed by atoms with E-state index in [0.717, 1.165) is 12.8 Å². The van der Waals surface area contributed by atoms with E-state index in [1.165, 1.54) is 28.0 Å². The van der Waals surface area contributed by atoms with E-state index >= 15 is 0 Å². The number of carbonyl (C=O) groups excluding carboxylic acids is 4. The minimum Gasteiger partial charge on any atom is -0.337 e. The van der Waals surface area contributed by atoms with Gasteiger partial charge in [-0.05, 0) is 55.4 Å². The second-order valence-corrected chi connectivity index (χ2v) is 9.03. The minimum absolute atomic E-state index is 0.0502. The van der Waals surface area contributed by atoms with Crippen molar-refractivity contribution in [2.75, 3.05) is 13.6 Å². The van der Waals surface area contributed by atoms with Gasteiger partial charge in [0.2, 0.25) is 11.7 Å². The van der Waals surface area contributed by atoms with E-state index in [4.69, 9.17) is 11.6 Å². The van der Waals surface area contributed by atoms with Crippen LogP contribution >= 0.6 is 11.6 Å². The molecular weight excluding hydrogens is 425 g/mol. The van der Waals surface area contributed by atoms with Gasteiger partial charge in [-0.25, -0.2) is 4.39 Å². The summed E-state index contributed by atoms with van der Waals surface area (Å²) < 4.78 is 13.4. The first kappa shape index (κ1) is 20.2. The maximum atomic E-state index is 13.4. The van der Waals surface area contributed by atoms with Gasteiger partial charge in [-0.1, -0.05) is 17.7 Å². The number of likely N-dealkylation sites (N-methyl/N-ethyl adjacent to an activating group) is 1. The normalized spacial score (nSPS) is 25.1. The molecule has 9 heteroatoms. The van der Waals surface area contributed by atoms with E-state index in [9.17, 15) is 23.6 Å². The SMILES string of the molecule is CN1C(=O)C2=C3CCN(Cc4ccc(F)c(Cl)c4)C(=O)C3C(=O)C(=O)N2C12CCCC2. The predicted molar refractivity (Wildman–Crippen MR) is 108 cm³/mol. The summed E-state index contributed by atoms with van der Waals surface area (Å²) in [4.78, 5) is 57.0. The van der Waals surface area contributed by atoms with E-state index in [1.807, 2.05) is 0 Å². The lowest BCUT2D eigenvalue weighted by Gasteiger charge is -2.42. The van der Waals surface area contributed by atoms with Crippen LogP contribution in [0.4, 0.5) is 4.39 Å². The summed E-state index contributed by atoms with van der Waals surface area (Å²) in [5.41, 5.74) is 0.497. The Balaban J connectivity index is 1.51. The molecule has 1 aromatic rings. The van der Waals surface area contributed by atoms with Crippen LogP contribution in [0.15, 0.2) is 29.5 Å². The van der Waals surface area contributed by atoms with Crippen LogP contribution in [-0.4, -0.2) is 57.5 Å². The van der Waals surface area contributed by atoms with E-state index < -0.39 is 35.0 Å². The number of piperidine rings is 1. The van der Waals surface area contributed by atoms with Gasteiger partial charge in [0.15, 0.2) is 0 Å². The molecule has 5 rings (SSSR count). The monoisotopic (exact) mass is 445 g/mol. The fourth-order valence-corrected chi connectivity index (χ4v) is 5.69. The molecule has 1 saturated carbocycles. The number of rotatable bonds is 2. The van der Waals surface area contributed by atoms with Crippen molar-refractivity contribution in [3.05, 3.63) is 45.9 Å². The molecule has 4 aliphatic rings. The van der Waals surface area contributed by atoms with Crippen LogP contribution in [0.5, 0.6) is 0 Å². The number of amides is 3. The highest BCUT2D eigenvalue weighted by molar-refractivity contribution is 6.44. The molecular formula is C22H21ClFN3O4. The number of hydrogen-bond donors (Lipinski definition) is 0. The molecule has 0 radical (unpaired) electrons. The Labute approximate surface area is 183 Å². The van der Waals surface area contributed by atoms with Crippen LogP contribution in [0.1, 0.15) is 37.7 Å². The fourth-order valence-electron chi connectivity index (χ4n) is 5.49. The highest BCUT2D eigenvalue weighted by Gasteiger charge is 2.62. The summed E-state index contributed by atoms with van der Waals surface area (Å²) >= 11 is 5.84. The molecule has 162 valence electrons. The second-order valence-electron chi connectivity index (χ2n) is 8.62. The molecule has 1 aliphatic carbocycles. The number of hydrogen-bond acceptors (Lipinski definition) is 4. The number of carbonyl (C=O) groups is 4. The number of halogens is 2. The van der Waals surface area contributed by atoms with Gasteiger partial charge in [-0.15, -0.1) is 0 Å². The van der Waals surface area contributed by atoms with Crippen LogP contribution in [0.25, 0.3) is 0 Å². The molecule has 1 aromatic carbocycles. The molecule has 1 atom stereocenters. The summed E-state index contributed by atoms with van der Waals surface area (Å²) in [6.45, 7) is 0.434. The zero-order chi connectivity index (χ0) is 22.1. The van der Waals surface area contributed by atoms with Crippen molar-refractivity contribution in [2.24, 2.45) is 5.92 Å². The Morgan fingerprint density at radius 1 is 1.13 bits per heavy atom. The third-order valence-electron chi connectivity index (χ3n) is 7.07. The van der Waals surface area contributed by atoms with Crippen molar-refractivity contribution < 1.29 is 23.6 Å². The lowest BCUT2D eigenvalue weighted by molar-refractivity contribution is -0.156. The van der Waals surface area contributed by atoms with Gasteiger partial charge >= 0.3 is 0 Å². The van der Waals surface area contributed by atoms with Crippen molar-refractivity contribution in [1.82, 2.24) is 14.7 Å². The molecule has 2 saturated heterocycles. The van der Waals surface area contributed by atoms with Gasteiger partial charge in [0, 0.05) is 20.1 Å². The zero-order valence-electron chi connectivity index (χ0n) is 17.0. The average Bonchev–Trinajstić information content (AvgIpc) is 3.31. The first-order valence-electron chi connectivity index (χ1n) is 10.4. The van der Waals surface area contributed by atoms with Crippen LogP contribution < -0.4 is 0 Å². The topological polar surface area (TPSA) is 78.0 Å². The summed E-state index contributed by atoms with van der Waals surface area (Å²) in [5.74, 6) is -4.18. The van der Waals surface area contributed by atoms with E-state index in [0.29, 0.717) is 36.9 Å². The first-order chi connectivity index (χ1) is 14.8. The van der Waals surface area contributed by atoms with Gasteiger partial charge in [-0.2, -0.15) is 0 Å². The molecule has 0 aromatic heterocycles. The average molecular weight is 446 g/mol. The second kappa shape index (κ2) is 6.88. The Morgan fingerprint density at radius 2 is 1.84 bits per heavy atom. The minimum atomic E-state index is -1.27. The number of benzene rings is 1. The standard InChI is InChI=1S/C22H21ClFN3O4/c1-25-20(30)17-13-6-9-26(11-12-4-5-15(24)14(23)10-12)19(29)16(13)18(28)21(31)27(17)22(25)7-2-3-8-22/h4-5,10,16H,2-3,6-9,11H2,1H3. The Morgan fingerprint density at radius 3 is 2.52 bits per heavy atom. The van der Waals surface area contributed by atoms with E-state index in [-0.39, 0.29) is 23.2 Å². The lowest BCUT2D eigenvalue weighted by atomic mass is 9.81. The van der Waals surface area contributed by atoms with Gasteiger partial charge < -0.3 is 9.80 Å². The van der Waals surface area contributed by atoms with Crippen LogP contribution in [-0.2, 0) is 25.7 Å². The van der Waals surface area contributed by atoms with Crippen molar-refractivity contribution in [1.29, 1.82) is 0 Å². The molecule has 31 heavy (non-hydrogen) atoms. The summed E-state index contributed by atoms with van der Waals surface area (Å²) in [5, 5.41) is -0.0502. The number of nitrogens with zero attached hydrogens (tertiary/aromatic N) is 3. The molecule has 0 bridgehead atoms. The smallest absolute Gasteiger partial charge is 0.297 e. The highest BCUT2D eigenvalue weighted by atomic mass is 35.5. The summed E-state index contributed by atoms with van der Waals surface area (Å²) in [6.07, 6.45) is 3.32. The van der Waals surface area contributed by atoms with Crippen molar-refractivity contribution in [2.45, 2.75) is 44.3 Å². The molecule has 1 spiro atoms. The maximum absolute atomic E-state index is 13.4. The van der Waals surface area contributed by atoms with E-state index in [2.05, 4.69) is 0 Å². The number of fused-ring (bicyclic) bond motifs is 3. The summed E-state index contributed by atoms with van der Waals surface area (Å²) in [7, 11) is 1.67. The number of ketones is 1. The van der Waals surface area contributed by atoms with Gasteiger partial charge in [-0.3, -0.25) is 24.1 Å². The Kier molecular flexibility index (Phi) is 4.48. The molecule has 0 N–H and O–H groups in total. The van der Waals surface area contributed by atoms with Crippen LogP contribution in [0.3, 0.4) is 0 Å². The number of Topliss-reactive ketones (excluding diaryl/α,β-unsaturated/α-hetero) is 1. The van der Waals surface area contributed by atoms with Crippen molar-refractivity contribution in [3.63, 3.8) is 0 Å². The predicted octanol–water partition coefficient (Wildman–Crippen LogP) is 2.24. The van der Waals surface area contributed by atoms with Crippen LogP contribution in [0.2, 0.25) is 5.02 Å². The largest absolute Gasteiger partial charge is 0.337 e. The van der Waals surface area contributed by atoms with Gasteiger partial charge in [0.1, 0.15) is 23.1 Å². The Bertz CT molecular complexity index is 1080. The molecule has 7 nitrogen and oxygen atoms in total. The van der Waals surface area contributed by atoms with Gasteiger partial charge in [0.05, 0.1) is 5.02 Å². The first-order valence-corrected chi connectivity index (χ1v) is 10.8. The zero-order valence-corrected chi connectivity index (χ0v) is 17.7. The third-order valence-corrected chi connectivity index (χ3v) is 7.36. The molecule has 1 unspecified atom stereocenters. The molecule has 3 fully saturated rings. The fraction of sp³-hybridized carbons (Fsp3) is 0.455.